The molecule has 5 rings (SSSR count). The Kier molecular flexibility index (Phi) is 13.7. The molecule has 0 radical (unpaired) electrons. The summed E-state index contributed by atoms with van der Waals surface area (Å²) < 4.78 is 35.1. The van der Waals surface area contributed by atoms with Crippen molar-refractivity contribution in [2.45, 2.75) is 51.6 Å². The second-order valence-corrected chi connectivity index (χ2v) is 12.0. The van der Waals surface area contributed by atoms with Crippen LogP contribution in [0, 0.1) is 6.92 Å². The van der Waals surface area contributed by atoms with Crippen LogP contribution in [0.15, 0.2) is 97.1 Å². The third-order valence-corrected chi connectivity index (χ3v) is 8.55. The maximum atomic E-state index is 13.1. The number of hydrogen-bond acceptors (Lipinski definition) is 8. The van der Waals surface area contributed by atoms with Crippen molar-refractivity contribution < 1.29 is 38.3 Å². The molecule has 1 fully saturated rings. The molecule has 260 valence electrons. The van der Waals surface area contributed by atoms with Gasteiger partial charge in [0.15, 0.2) is 0 Å². The minimum Gasteiger partial charge on any atom is -0.496 e. The number of methoxy groups -OCH3 is 1. The van der Waals surface area contributed by atoms with Crippen molar-refractivity contribution >= 4 is 6.09 Å². The van der Waals surface area contributed by atoms with E-state index in [9.17, 15) is 9.90 Å². The van der Waals surface area contributed by atoms with Crippen LogP contribution in [0.25, 0.3) is 0 Å². The Morgan fingerprint density at radius 1 is 0.816 bits per heavy atom. The van der Waals surface area contributed by atoms with Crippen LogP contribution in [0.4, 0.5) is 4.79 Å². The topological polar surface area (TPSA) is 95.9 Å². The number of piperidine rings is 1. The number of likely N-dealkylation sites (tertiary alicyclic amines) is 1. The number of carbonyl (C=O) groups is 1. The summed E-state index contributed by atoms with van der Waals surface area (Å²) in [5.41, 5.74) is 5.04. The Morgan fingerprint density at radius 3 is 2.41 bits per heavy atom. The number of carbonyl (C=O) groups excluding carboxylic acids is 1. The Bertz CT molecular complexity index is 1580. The second-order valence-electron chi connectivity index (χ2n) is 12.0. The van der Waals surface area contributed by atoms with Crippen LogP contribution < -0.4 is 14.2 Å². The summed E-state index contributed by atoms with van der Waals surface area (Å²) in [7, 11) is 1.66. The number of ether oxygens (including phenoxy) is 6. The fourth-order valence-corrected chi connectivity index (χ4v) is 5.86. The predicted molar refractivity (Wildman–Crippen MR) is 187 cm³/mol. The molecule has 0 saturated carbocycles. The summed E-state index contributed by atoms with van der Waals surface area (Å²) in [4.78, 5) is 14.8. The van der Waals surface area contributed by atoms with Gasteiger partial charge in [-0.1, -0.05) is 72.8 Å². The first-order chi connectivity index (χ1) is 24.0. The number of amides is 1. The minimum absolute atomic E-state index is 0.0524. The van der Waals surface area contributed by atoms with Gasteiger partial charge in [0, 0.05) is 24.4 Å². The van der Waals surface area contributed by atoms with Gasteiger partial charge in [0.05, 0.1) is 52.8 Å². The molecule has 1 aliphatic rings. The maximum absolute atomic E-state index is 13.1. The molecule has 2 atom stereocenters. The molecule has 0 bridgehead atoms. The van der Waals surface area contributed by atoms with E-state index in [4.69, 9.17) is 28.4 Å². The van der Waals surface area contributed by atoms with Crippen molar-refractivity contribution in [2.75, 3.05) is 46.6 Å². The molecule has 1 heterocycles. The average molecular weight is 670 g/mol. The fraction of sp³-hybridized carbons (Fsp3) is 0.375. The highest BCUT2D eigenvalue weighted by molar-refractivity contribution is 5.68. The Hall–Kier alpha value is -4.57. The highest BCUT2D eigenvalue weighted by Crippen LogP contribution is 2.33. The number of hydrogen-bond donors (Lipinski definition) is 1. The quantitative estimate of drug-likeness (QED) is 0.119. The van der Waals surface area contributed by atoms with Crippen LogP contribution >= 0.6 is 0 Å². The maximum Gasteiger partial charge on any atom is 0.410 e. The summed E-state index contributed by atoms with van der Waals surface area (Å²) in [6, 6.07) is 31.6. The molecule has 1 aliphatic heterocycles. The summed E-state index contributed by atoms with van der Waals surface area (Å²) in [5, 5.41) is 9.20. The van der Waals surface area contributed by atoms with Gasteiger partial charge < -0.3 is 38.4 Å². The van der Waals surface area contributed by atoms with Crippen molar-refractivity contribution in [3.8, 4) is 17.2 Å². The molecule has 9 nitrogen and oxygen atoms in total. The van der Waals surface area contributed by atoms with E-state index in [0.29, 0.717) is 39.5 Å². The lowest BCUT2D eigenvalue weighted by Gasteiger charge is -2.38. The van der Waals surface area contributed by atoms with Gasteiger partial charge in [0.2, 0.25) is 0 Å². The van der Waals surface area contributed by atoms with Gasteiger partial charge in [-0.2, -0.15) is 0 Å². The first-order valence-corrected chi connectivity index (χ1v) is 16.9. The van der Waals surface area contributed by atoms with E-state index >= 15 is 0 Å². The van der Waals surface area contributed by atoms with Gasteiger partial charge in [-0.05, 0) is 59.9 Å². The number of aliphatic hydroxyl groups excluding tert-OH is 1. The summed E-state index contributed by atoms with van der Waals surface area (Å²) in [6.45, 7) is 5.31. The van der Waals surface area contributed by atoms with Gasteiger partial charge in [0.1, 0.15) is 30.5 Å². The van der Waals surface area contributed by atoms with Gasteiger partial charge in [-0.3, -0.25) is 0 Å². The average Bonchev–Trinajstić information content (AvgIpc) is 3.15. The third kappa shape index (κ3) is 10.7. The Balaban J connectivity index is 1.17. The number of para-hydroxylation sites is 1. The molecular formula is C40H47NO8. The lowest BCUT2D eigenvalue weighted by atomic mass is 9.87. The van der Waals surface area contributed by atoms with Gasteiger partial charge in [-0.25, -0.2) is 4.79 Å². The van der Waals surface area contributed by atoms with E-state index in [-0.39, 0.29) is 37.9 Å². The molecule has 0 aromatic heterocycles. The Morgan fingerprint density at radius 2 is 1.61 bits per heavy atom. The van der Waals surface area contributed by atoms with E-state index in [0.717, 1.165) is 57.9 Å². The molecule has 2 unspecified atom stereocenters. The van der Waals surface area contributed by atoms with Crippen LogP contribution in [-0.2, 0) is 34.0 Å². The molecule has 1 amide bonds. The number of nitrogens with zero attached hydrogens (tertiary/aromatic N) is 1. The lowest BCUT2D eigenvalue weighted by molar-refractivity contribution is -0.0246. The zero-order valence-corrected chi connectivity index (χ0v) is 28.4. The molecule has 1 saturated heterocycles. The predicted octanol–water partition coefficient (Wildman–Crippen LogP) is 7.07. The molecule has 49 heavy (non-hydrogen) atoms. The highest BCUT2D eigenvalue weighted by atomic mass is 16.6. The van der Waals surface area contributed by atoms with Crippen molar-refractivity contribution in [1.29, 1.82) is 0 Å². The number of aliphatic hydroxyl groups is 1. The van der Waals surface area contributed by atoms with Crippen LogP contribution in [0.1, 0.15) is 46.6 Å². The molecule has 4 aromatic rings. The molecule has 0 aliphatic carbocycles. The van der Waals surface area contributed by atoms with Crippen molar-refractivity contribution in [3.63, 3.8) is 0 Å². The van der Waals surface area contributed by atoms with Crippen LogP contribution in [0.2, 0.25) is 0 Å². The SMILES string of the molecule is COc1ccccc1COCCCOc1ccc(C2CCN(C(=O)OCc3ccccc3)CC2OCc2ccc(C)c(OCCO)c2)cc1. The zero-order valence-electron chi connectivity index (χ0n) is 28.4. The first kappa shape index (κ1) is 35.7. The molecule has 1 N–H and O–H groups in total. The van der Waals surface area contributed by atoms with Crippen molar-refractivity contribution in [1.82, 2.24) is 4.90 Å². The van der Waals surface area contributed by atoms with Crippen LogP contribution in [0.5, 0.6) is 17.2 Å². The van der Waals surface area contributed by atoms with Gasteiger partial charge >= 0.3 is 6.09 Å². The highest BCUT2D eigenvalue weighted by Gasteiger charge is 2.34. The van der Waals surface area contributed by atoms with Gasteiger partial charge in [0.25, 0.3) is 0 Å². The van der Waals surface area contributed by atoms with E-state index in [1.54, 1.807) is 12.0 Å². The molecule has 9 heteroatoms. The van der Waals surface area contributed by atoms with E-state index < -0.39 is 0 Å². The smallest absolute Gasteiger partial charge is 0.410 e. The van der Waals surface area contributed by atoms with E-state index in [2.05, 4.69) is 12.1 Å². The monoisotopic (exact) mass is 669 g/mol. The first-order valence-electron chi connectivity index (χ1n) is 16.9. The van der Waals surface area contributed by atoms with Crippen molar-refractivity contribution in [2.24, 2.45) is 0 Å². The third-order valence-electron chi connectivity index (χ3n) is 8.55. The number of benzene rings is 4. The Labute approximate surface area is 289 Å². The number of aryl methyl sites for hydroxylation is 1. The van der Waals surface area contributed by atoms with E-state index in [1.807, 2.05) is 91.9 Å². The molecular weight excluding hydrogens is 622 g/mol. The largest absolute Gasteiger partial charge is 0.496 e. The van der Waals surface area contributed by atoms with Crippen LogP contribution in [-0.4, -0.2) is 68.8 Å². The molecule has 4 aromatic carbocycles. The van der Waals surface area contributed by atoms with E-state index in [1.165, 1.54) is 0 Å². The molecule has 0 spiro atoms. The summed E-state index contributed by atoms with van der Waals surface area (Å²) in [5.74, 6) is 2.42. The van der Waals surface area contributed by atoms with Crippen LogP contribution in [0.3, 0.4) is 0 Å². The van der Waals surface area contributed by atoms with Gasteiger partial charge in [-0.15, -0.1) is 0 Å². The standard InChI is InChI=1S/C40H47NO8/c1-30-13-14-32(25-38(30)47-24-21-42)28-48-39-26-41(40(43)49-27-31-9-4-3-5-10-31)20-19-36(39)33-15-17-35(18-16-33)46-23-8-22-45-29-34-11-6-7-12-37(34)44-2/h3-7,9-18,25,36,39,42H,8,19-24,26-29H2,1-2H3. The fourth-order valence-electron chi connectivity index (χ4n) is 5.86. The summed E-state index contributed by atoms with van der Waals surface area (Å²) in [6.07, 6.45) is 0.889. The van der Waals surface area contributed by atoms with Crippen molar-refractivity contribution in [3.05, 3.63) is 125 Å². The zero-order chi connectivity index (χ0) is 34.3. The normalized spacial score (nSPS) is 15.9. The minimum atomic E-state index is -0.346. The number of rotatable bonds is 17. The lowest BCUT2D eigenvalue weighted by Crippen LogP contribution is -2.47. The second kappa shape index (κ2) is 18.8. The summed E-state index contributed by atoms with van der Waals surface area (Å²) >= 11 is 0.